The molecule has 0 heterocycles. The lowest BCUT2D eigenvalue weighted by Gasteiger charge is -2.22. The van der Waals surface area contributed by atoms with E-state index in [9.17, 15) is 14.7 Å². The number of ketones is 1. The van der Waals surface area contributed by atoms with Crippen molar-refractivity contribution in [2.45, 2.75) is 53.1 Å². The summed E-state index contributed by atoms with van der Waals surface area (Å²) < 4.78 is 0. The van der Waals surface area contributed by atoms with Gasteiger partial charge in [-0.2, -0.15) is 0 Å². The smallest absolute Gasteiger partial charge is 0.146 e. The number of allylic oxidation sites excluding steroid dienone is 2. The highest BCUT2D eigenvalue weighted by Gasteiger charge is 2.29. The Balaban J connectivity index is 4.88. The third kappa shape index (κ3) is 4.43. The molecule has 3 atom stereocenters. The number of carbonyl (C=O) groups is 2. The van der Waals surface area contributed by atoms with E-state index in [-0.39, 0.29) is 11.7 Å². The van der Waals surface area contributed by atoms with Gasteiger partial charge in [0.25, 0.3) is 0 Å². The minimum atomic E-state index is -0.607. The molecule has 0 fully saturated rings. The van der Waals surface area contributed by atoms with Crippen LogP contribution in [0.1, 0.15) is 47.0 Å². The van der Waals surface area contributed by atoms with Gasteiger partial charge in [-0.1, -0.05) is 33.8 Å². The zero-order valence-corrected chi connectivity index (χ0v) is 11.3. The van der Waals surface area contributed by atoms with E-state index in [1.54, 1.807) is 13.0 Å². The fraction of sp³-hybridized carbons (Fsp3) is 0.714. The van der Waals surface area contributed by atoms with Crippen LogP contribution >= 0.6 is 0 Å². The number of Topliss-reactive ketones (excluding diaryl/α,β-unsaturated/α-hetero) is 1. The molecule has 98 valence electrons. The average molecular weight is 240 g/mol. The molecular weight excluding hydrogens is 216 g/mol. The number of carbonyl (C=O) groups excluding carboxylic acids is 2. The van der Waals surface area contributed by atoms with Crippen LogP contribution in [0, 0.1) is 11.8 Å². The van der Waals surface area contributed by atoms with Crippen molar-refractivity contribution < 1.29 is 14.7 Å². The number of aliphatic hydroxyl groups excluding tert-OH is 1. The van der Waals surface area contributed by atoms with Crippen LogP contribution < -0.4 is 0 Å². The molecule has 0 bridgehead atoms. The molecule has 0 aliphatic heterocycles. The lowest BCUT2D eigenvalue weighted by molar-refractivity contribution is -0.129. The molecule has 3 heteroatoms. The molecule has 0 aromatic carbocycles. The van der Waals surface area contributed by atoms with E-state index in [2.05, 4.69) is 0 Å². The monoisotopic (exact) mass is 240 g/mol. The van der Waals surface area contributed by atoms with E-state index in [1.165, 1.54) is 0 Å². The van der Waals surface area contributed by atoms with Crippen LogP contribution in [0.3, 0.4) is 0 Å². The van der Waals surface area contributed by atoms with Gasteiger partial charge in [-0.05, 0) is 24.8 Å². The largest absolute Gasteiger partial charge is 0.392 e. The van der Waals surface area contributed by atoms with Gasteiger partial charge in [0.1, 0.15) is 12.1 Å². The summed E-state index contributed by atoms with van der Waals surface area (Å²) in [5.41, 5.74) is 0.527. The Morgan fingerprint density at radius 2 is 1.82 bits per heavy atom. The van der Waals surface area contributed by atoms with Crippen molar-refractivity contribution in [1.29, 1.82) is 0 Å². The summed E-state index contributed by atoms with van der Waals surface area (Å²) in [5.74, 6) is -0.817. The van der Waals surface area contributed by atoms with Gasteiger partial charge in [0.15, 0.2) is 0 Å². The summed E-state index contributed by atoms with van der Waals surface area (Å²) in [7, 11) is 0. The third-order valence-electron chi connectivity index (χ3n) is 3.19. The van der Waals surface area contributed by atoms with Gasteiger partial charge in [-0.3, -0.25) is 9.59 Å². The van der Waals surface area contributed by atoms with Crippen LogP contribution in [0.25, 0.3) is 0 Å². The maximum atomic E-state index is 12.2. The Labute approximate surface area is 104 Å². The standard InChI is InChI=1S/C14H24O3/c1-5-8-11(9-15)10(4)14(17)12(6-2)13(16)7-3/h8-10,12-13,16H,5-7H2,1-4H3. The fourth-order valence-electron chi connectivity index (χ4n) is 2.00. The van der Waals surface area contributed by atoms with Crippen molar-refractivity contribution in [3.05, 3.63) is 11.6 Å². The molecule has 0 radical (unpaired) electrons. The van der Waals surface area contributed by atoms with Gasteiger partial charge in [-0.15, -0.1) is 0 Å². The maximum Gasteiger partial charge on any atom is 0.146 e. The van der Waals surface area contributed by atoms with Gasteiger partial charge in [0.2, 0.25) is 0 Å². The minimum Gasteiger partial charge on any atom is -0.392 e. The molecule has 0 rings (SSSR count). The molecule has 0 aliphatic carbocycles. The van der Waals surface area contributed by atoms with E-state index < -0.39 is 12.0 Å². The molecule has 0 aliphatic rings. The van der Waals surface area contributed by atoms with Crippen molar-refractivity contribution in [3.63, 3.8) is 0 Å². The predicted molar refractivity (Wildman–Crippen MR) is 68.7 cm³/mol. The quantitative estimate of drug-likeness (QED) is 0.524. The molecule has 3 nitrogen and oxygen atoms in total. The SMILES string of the molecule is CCC=C(C=O)C(C)C(=O)C(CC)C(O)CC. The highest BCUT2D eigenvalue weighted by molar-refractivity contribution is 5.92. The first kappa shape index (κ1) is 16.0. The van der Waals surface area contributed by atoms with Gasteiger partial charge in [0, 0.05) is 11.8 Å². The molecule has 0 aromatic heterocycles. The lowest BCUT2D eigenvalue weighted by atomic mass is 9.83. The second kappa shape index (κ2) is 8.18. The molecule has 17 heavy (non-hydrogen) atoms. The Bertz CT molecular complexity index is 281. The molecule has 0 amide bonds. The van der Waals surface area contributed by atoms with Crippen LogP contribution in [0.4, 0.5) is 0 Å². The molecule has 1 N–H and O–H groups in total. The summed E-state index contributed by atoms with van der Waals surface area (Å²) in [6.45, 7) is 7.41. The Morgan fingerprint density at radius 1 is 1.24 bits per heavy atom. The van der Waals surface area contributed by atoms with Crippen LogP contribution in [-0.4, -0.2) is 23.3 Å². The van der Waals surface area contributed by atoms with Gasteiger partial charge < -0.3 is 5.11 Å². The van der Waals surface area contributed by atoms with Crippen LogP contribution in [-0.2, 0) is 9.59 Å². The Kier molecular flexibility index (Phi) is 7.72. The maximum absolute atomic E-state index is 12.2. The molecule has 0 spiro atoms. The summed E-state index contributed by atoms with van der Waals surface area (Å²) >= 11 is 0. The van der Waals surface area contributed by atoms with Crippen molar-refractivity contribution in [2.75, 3.05) is 0 Å². The molecule has 3 unspecified atom stereocenters. The predicted octanol–water partition coefficient (Wildman–Crippen LogP) is 2.52. The first-order valence-corrected chi connectivity index (χ1v) is 6.40. The summed E-state index contributed by atoms with van der Waals surface area (Å²) in [6, 6.07) is 0. The summed E-state index contributed by atoms with van der Waals surface area (Å²) in [6.07, 6.45) is 3.82. The third-order valence-corrected chi connectivity index (χ3v) is 3.19. The van der Waals surface area contributed by atoms with Crippen molar-refractivity contribution in [1.82, 2.24) is 0 Å². The van der Waals surface area contributed by atoms with Crippen molar-refractivity contribution >= 4 is 12.1 Å². The Morgan fingerprint density at radius 3 is 2.18 bits per heavy atom. The Hall–Kier alpha value is -0.960. The zero-order valence-electron chi connectivity index (χ0n) is 11.3. The first-order chi connectivity index (χ1) is 8.03. The highest BCUT2D eigenvalue weighted by Crippen LogP contribution is 2.21. The van der Waals surface area contributed by atoms with Gasteiger partial charge in [-0.25, -0.2) is 0 Å². The van der Waals surface area contributed by atoms with Gasteiger partial charge in [0.05, 0.1) is 6.10 Å². The van der Waals surface area contributed by atoms with E-state index >= 15 is 0 Å². The highest BCUT2D eigenvalue weighted by atomic mass is 16.3. The normalized spacial score (nSPS) is 17.4. The summed E-state index contributed by atoms with van der Waals surface area (Å²) in [4.78, 5) is 23.1. The molecule has 0 aromatic rings. The van der Waals surface area contributed by atoms with E-state index in [0.717, 1.165) is 12.7 Å². The fourth-order valence-corrected chi connectivity index (χ4v) is 2.00. The minimum absolute atomic E-state index is 0.0337. The number of hydrogen-bond donors (Lipinski definition) is 1. The molecular formula is C14H24O3. The van der Waals surface area contributed by atoms with Crippen LogP contribution in [0.15, 0.2) is 11.6 Å². The van der Waals surface area contributed by atoms with Crippen molar-refractivity contribution in [2.24, 2.45) is 11.8 Å². The molecule has 0 saturated carbocycles. The second-order valence-electron chi connectivity index (χ2n) is 4.34. The lowest BCUT2D eigenvalue weighted by Crippen LogP contribution is -2.32. The molecule has 0 saturated heterocycles. The number of rotatable bonds is 8. The van der Waals surface area contributed by atoms with E-state index in [0.29, 0.717) is 18.4 Å². The first-order valence-electron chi connectivity index (χ1n) is 6.40. The number of aliphatic hydroxyl groups is 1. The number of aldehydes is 1. The van der Waals surface area contributed by atoms with E-state index in [1.807, 2.05) is 20.8 Å². The number of hydrogen-bond acceptors (Lipinski definition) is 3. The van der Waals surface area contributed by atoms with Crippen LogP contribution in [0.5, 0.6) is 0 Å². The topological polar surface area (TPSA) is 54.4 Å². The van der Waals surface area contributed by atoms with E-state index in [4.69, 9.17) is 0 Å². The summed E-state index contributed by atoms with van der Waals surface area (Å²) in [5, 5.41) is 9.79. The van der Waals surface area contributed by atoms with Gasteiger partial charge >= 0.3 is 0 Å². The zero-order chi connectivity index (χ0) is 13.4. The van der Waals surface area contributed by atoms with Crippen LogP contribution in [0.2, 0.25) is 0 Å². The average Bonchev–Trinajstić information content (AvgIpc) is 2.35. The van der Waals surface area contributed by atoms with Crippen molar-refractivity contribution in [3.8, 4) is 0 Å². The second-order valence-corrected chi connectivity index (χ2v) is 4.34.